The van der Waals surface area contributed by atoms with Crippen LogP contribution < -0.4 is 0 Å². The normalized spacial score (nSPS) is 14.9. The van der Waals surface area contributed by atoms with E-state index in [1.54, 1.807) is 12.1 Å². The van der Waals surface area contributed by atoms with E-state index in [9.17, 15) is 13.2 Å². The van der Waals surface area contributed by atoms with Gasteiger partial charge in [0.05, 0.1) is 22.5 Å². The average Bonchev–Trinajstić information content (AvgIpc) is 3.26. The van der Waals surface area contributed by atoms with E-state index in [2.05, 4.69) is 39.8 Å². The zero-order chi connectivity index (χ0) is 26.0. The maximum Gasteiger partial charge on any atom is 0.253 e. The van der Waals surface area contributed by atoms with Crippen LogP contribution in [0.15, 0.2) is 83.8 Å². The third kappa shape index (κ3) is 5.29. The highest BCUT2D eigenvalue weighted by atomic mass is 32.2. The average molecular weight is 518 g/mol. The van der Waals surface area contributed by atoms with E-state index < -0.39 is 10.0 Å². The number of para-hydroxylation sites is 2. The SMILES string of the molecule is CN(C)S(=O)(=O)c1ccc(C(=O)N2CCN(Cc3nc4ccccc4n3Cc3ccccc3)CC2)cc1. The Balaban J connectivity index is 1.26. The molecule has 0 bridgehead atoms. The Labute approximate surface area is 217 Å². The molecule has 0 N–H and O–H groups in total. The summed E-state index contributed by atoms with van der Waals surface area (Å²) < 4.78 is 28.1. The zero-order valence-electron chi connectivity index (χ0n) is 21.1. The van der Waals surface area contributed by atoms with Crippen LogP contribution >= 0.6 is 0 Å². The first-order valence-electron chi connectivity index (χ1n) is 12.4. The van der Waals surface area contributed by atoms with E-state index in [1.165, 1.54) is 31.8 Å². The number of amides is 1. The molecule has 0 aliphatic carbocycles. The maximum atomic E-state index is 13.1. The van der Waals surface area contributed by atoms with Gasteiger partial charge < -0.3 is 9.47 Å². The van der Waals surface area contributed by atoms with Crippen molar-refractivity contribution < 1.29 is 13.2 Å². The molecule has 0 unspecified atom stereocenters. The number of hydrogen-bond donors (Lipinski definition) is 0. The van der Waals surface area contributed by atoms with E-state index in [1.807, 2.05) is 29.2 Å². The molecule has 3 aromatic carbocycles. The molecule has 1 aromatic heterocycles. The smallest absolute Gasteiger partial charge is 0.253 e. The summed E-state index contributed by atoms with van der Waals surface area (Å²) in [4.78, 5) is 22.3. The summed E-state index contributed by atoms with van der Waals surface area (Å²) >= 11 is 0. The molecule has 5 rings (SSSR count). The predicted octanol–water partition coefficient (Wildman–Crippen LogP) is 3.29. The molecule has 2 heterocycles. The molecule has 1 fully saturated rings. The first-order valence-corrected chi connectivity index (χ1v) is 13.8. The van der Waals surface area contributed by atoms with Crippen molar-refractivity contribution in [3.63, 3.8) is 0 Å². The summed E-state index contributed by atoms with van der Waals surface area (Å²) in [6.45, 7) is 4.17. The monoisotopic (exact) mass is 517 g/mol. The Kier molecular flexibility index (Phi) is 7.10. The van der Waals surface area contributed by atoms with Gasteiger partial charge in [-0.25, -0.2) is 17.7 Å². The first-order chi connectivity index (χ1) is 17.8. The van der Waals surface area contributed by atoms with Gasteiger partial charge in [0.1, 0.15) is 5.82 Å². The van der Waals surface area contributed by atoms with Crippen molar-refractivity contribution in [2.24, 2.45) is 0 Å². The zero-order valence-corrected chi connectivity index (χ0v) is 21.9. The van der Waals surface area contributed by atoms with Crippen molar-refractivity contribution in [3.8, 4) is 0 Å². The number of imidazole rings is 1. The van der Waals surface area contributed by atoms with Gasteiger partial charge in [-0.2, -0.15) is 0 Å². The topological polar surface area (TPSA) is 78.8 Å². The fraction of sp³-hybridized carbons (Fsp3) is 0.286. The molecule has 1 saturated heterocycles. The Morgan fingerprint density at radius 3 is 2.16 bits per heavy atom. The summed E-state index contributed by atoms with van der Waals surface area (Å²) in [6, 6.07) is 24.8. The van der Waals surface area contributed by atoms with Crippen LogP contribution in [-0.2, 0) is 23.1 Å². The van der Waals surface area contributed by atoms with Gasteiger partial charge in [-0.3, -0.25) is 9.69 Å². The van der Waals surface area contributed by atoms with Crippen LogP contribution in [0.25, 0.3) is 11.0 Å². The van der Waals surface area contributed by atoms with Gasteiger partial charge in [0.2, 0.25) is 10.0 Å². The van der Waals surface area contributed by atoms with Crippen LogP contribution in [0.4, 0.5) is 0 Å². The van der Waals surface area contributed by atoms with Crippen LogP contribution in [0.5, 0.6) is 0 Å². The van der Waals surface area contributed by atoms with Crippen LogP contribution in [0, 0.1) is 0 Å². The molecular weight excluding hydrogens is 486 g/mol. The van der Waals surface area contributed by atoms with E-state index in [-0.39, 0.29) is 10.8 Å². The second-order valence-electron chi connectivity index (χ2n) is 9.47. The van der Waals surface area contributed by atoms with E-state index in [4.69, 9.17) is 4.98 Å². The summed E-state index contributed by atoms with van der Waals surface area (Å²) in [5.74, 6) is 0.937. The number of carbonyl (C=O) groups is 1. The van der Waals surface area contributed by atoms with Gasteiger partial charge in [0.15, 0.2) is 0 Å². The molecule has 0 saturated carbocycles. The number of piperazine rings is 1. The molecule has 37 heavy (non-hydrogen) atoms. The Hall–Kier alpha value is -3.53. The van der Waals surface area contributed by atoms with Crippen molar-refractivity contribution >= 4 is 27.0 Å². The highest BCUT2D eigenvalue weighted by Crippen LogP contribution is 2.21. The fourth-order valence-electron chi connectivity index (χ4n) is 4.66. The Morgan fingerprint density at radius 2 is 1.49 bits per heavy atom. The molecule has 192 valence electrons. The van der Waals surface area contributed by atoms with E-state index in [0.717, 1.165) is 40.8 Å². The number of fused-ring (bicyclic) bond motifs is 1. The van der Waals surface area contributed by atoms with Gasteiger partial charge in [0, 0.05) is 52.4 Å². The molecule has 0 radical (unpaired) electrons. The number of carbonyl (C=O) groups excluding carboxylic acids is 1. The van der Waals surface area contributed by atoms with Gasteiger partial charge in [0.25, 0.3) is 5.91 Å². The molecule has 8 nitrogen and oxygen atoms in total. The molecule has 4 aromatic rings. The molecular formula is C28H31N5O3S. The minimum atomic E-state index is -3.52. The van der Waals surface area contributed by atoms with Crippen LogP contribution in [-0.4, -0.2) is 78.3 Å². The highest BCUT2D eigenvalue weighted by Gasteiger charge is 2.25. The Morgan fingerprint density at radius 1 is 0.838 bits per heavy atom. The third-order valence-electron chi connectivity index (χ3n) is 6.82. The summed E-state index contributed by atoms with van der Waals surface area (Å²) in [7, 11) is -0.540. The van der Waals surface area contributed by atoms with E-state index in [0.29, 0.717) is 25.2 Å². The fourth-order valence-corrected chi connectivity index (χ4v) is 5.56. The van der Waals surface area contributed by atoms with Crippen molar-refractivity contribution in [1.82, 2.24) is 23.7 Å². The van der Waals surface area contributed by atoms with Crippen LogP contribution in [0.1, 0.15) is 21.7 Å². The molecule has 1 aliphatic rings. The summed E-state index contributed by atoms with van der Waals surface area (Å²) in [5, 5.41) is 0. The highest BCUT2D eigenvalue weighted by molar-refractivity contribution is 7.89. The van der Waals surface area contributed by atoms with Crippen molar-refractivity contribution in [2.45, 2.75) is 18.0 Å². The molecule has 0 spiro atoms. The minimum Gasteiger partial charge on any atom is -0.336 e. The summed E-state index contributed by atoms with van der Waals surface area (Å²) in [6.07, 6.45) is 0. The summed E-state index contributed by atoms with van der Waals surface area (Å²) in [5.41, 5.74) is 3.83. The van der Waals surface area contributed by atoms with Gasteiger partial charge in [-0.05, 0) is 42.0 Å². The first kappa shape index (κ1) is 25.1. The van der Waals surface area contributed by atoms with Gasteiger partial charge >= 0.3 is 0 Å². The molecule has 9 heteroatoms. The van der Waals surface area contributed by atoms with Gasteiger partial charge in [-0.1, -0.05) is 42.5 Å². The molecule has 1 amide bonds. The van der Waals surface area contributed by atoms with Crippen LogP contribution in [0.3, 0.4) is 0 Å². The lowest BCUT2D eigenvalue weighted by Gasteiger charge is -2.34. The lowest BCUT2D eigenvalue weighted by molar-refractivity contribution is 0.0624. The third-order valence-corrected chi connectivity index (χ3v) is 8.65. The maximum absolute atomic E-state index is 13.1. The standard InChI is InChI=1S/C28H31N5O3S/c1-30(2)37(35,36)24-14-12-23(13-15-24)28(34)32-18-16-31(17-19-32)21-27-29-25-10-6-7-11-26(25)33(27)20-22-8-4-3-5-9-22/h3-15H,16-21H2,1-2H3. The van der Waals surface area contributed by atoms with E-state index >= 15 is 0 Å². The lowest BCUT2D eigenvalue weighted by Crippen LogP contribution is -2.48. The second kappa shape index (κ2) is 10.5. The number of benzene rings is 3. The lowest BCUT2D eigenvalue weighted by atomic mass is 10.2. The van der Waals surface area contributed by atoms with Crippen molar-refractivity contribution in [3.05, 3.63) is 95.8 Å². The largest absolute Gasteiger partial charge is 0.336 e. The molecule has 0 atom stereocenters. The Bertz CT molecular complexity index is 1490. The van der Waals surface area contributed by atoms with Gasteiger partial charge in [-0.15, -0.1) is 0 Å². The molecule has 1 aliphatic heterocycles. The quantitative estimate of drug-likeness (QED) is 0.376. The number of nitrogens with zero attached hydrogens (tertiary/aromatic N) is 5. The van der Waals surface area contributed by atoms with Crippen molar-refractivity contribution in [2.75, 3.05) is 40.3 Å². The number of aromatic nitrogens is 2. The van der Waals surface area contributed by atoms with Crippen LogP contribution in [0.2, 0.25) is 0 Å². The van der Waals surface area contributed by atoms with Crippen molar-refractivity contribution in [1.29, 1.82) is 0 Å². The second-order valence-corrected chi connectivity index (χ2v) is 11.6. The number of rotatable bonds is 7. The minimum absolute atomic E-state index is 0.0789. The predicted molar refractivity (Wildman–Crippen MR) is 144 cm³/mol. The number of hydrogen-bond acceptors (Lipinski definition) is 5. The number of sulfonamides is 1.